The van der Waals surface area contributed by atoms with Crippen molar-refractivity contribution in [1.82, 2.24) is 19.9 Å². The molecule has 0 spiro atoms. The number of fused-ring (bicyclic) bond motifs is 1. The van der Waals surface area contributed by atoms with E-state index in [-0.39, 0.29) is 5.95 Å². The average molecular weight is 333 g/mol. The van der Waals surface area contributed by atoms with Crippen molar-refractivity contribution in [3.05, 3.63) is 40.6 Å². The number of hydrogen-bond donors (Lipinski definition) is 2. The maximum absolute atomic E-state index is 5.73. The van der Waals surface area contributed by atoms with Crippen LogP contribution in [0.4, 0.5) is 11.8 Å². The molecule has 6 nitrogen and oxygen atoms in total. The SMILES string of the molecule is CN(Cc1cccc(Br)c1)c1nc(N)nc2nc[nH]c12. The number of benzene rings is 1. The van der Waals surface area contributed by atoms with Gasteiger partial charge in [0, 0.05) is 18.1 Å². The number of hydrogen-bond acceptors (Lipinski definition) is 5. The van der Waals surface area contributed by atoms with E-state index in [1.165, 1.54) is 5.56 Å². The maximum atomic E-state index is 5.73. The first-order valence-electron chi connectivity index (χ1n) is 6.05. The largest absolute Gasteiger partial charge is 0.368 e. The first kappa shape index (κ1) is 12.9. The van der Waals surface area contributed by atoms with Crippen LogP contribution in [0.5, 0.6) is 0 Å². The van der Waals surface area contributed by atoms with E-state index < -0.39 is 0 Å². The lowest BCUT2D eigenvalue weighted by atomic mass is 10.2. The molecule has 0 saturated carbocycles. The van der Waals surface area contributed by atoms with Gasteiger partial charge in [0.05, 0.1) is 6.33 Å². The van der Waals surface area contributed by atoms with Crippen LogP contribution in [-0.2, 0) is 6.54 Å². The van der Waals surface area contributed by atoms with E-state index in [2.05, 4.69) is 48.0 Å². The summed E-state index contributed by atoms with van der Waals surface area (Å²) in [5.41, 5.74) is 8.27. The second-order valence-corrected chi connectivity index (χ2v) is 5.41. The van der Waals surface area contributed by atoms with Crippen molar-refractivity contribution in [2.24, 2.45) is 0 Å². The van der Waals surface area contributed by atoms with Crippen LogP contribution in [0.1, 0.15) is 5.56 Å². The predicted octanol–water partition coefficient (Wildman–Crippen LogP) is 2.33. The van der Waals surface area contributed by atoms with Gasteiger partial charge in [-0.1, -0.05) is 28.1 Å². The number of nitrogens with two attached hydrogens (primary N) is 1. The van der Waals surface area contributed by atoms with Crippen molar-refractivity contribution in [3.8, 4) is 0 Å². The van der Waals surface area contributed by atoms with Gasteiger partial charge in [-0.15, -0.1) is 0 Å². The smallest absolute Gasteiger partial charge is 0.224 e. The van der Waals surface area contributed by atoms with Gasteiger partial charge in [-0.3, -0.25) is 0 Å². The Morgan fingerprint density at radius 1 is 1.35 bits per heavy atom. The summed E-state index contributed by atoms with van der Waals surface area (Å²) >= 11 is 3.47. The third-order valence-corrected chi connectivity index (χ3v) is 3.45. The van der Waals surface area contributed by atoms with E-state index in [1.54, 1.807) is 6.33 Å². The number of rotatable bonds is 3. The van der Waals surface area contributed by atoms with Gasteiger partial charge in [-0.25, -0.2) is 4.98 Å². The number of nitrogens with one attached hydrogen (secondary N) is 1. The van der Waals surface area contributed by atoms with E-state index in [4.69, 9.17) is 5.73 Å². The summed E-state index contributed by atoms with van der Waals surface area (Å²) in [5, 5.41) is 0. The predicted molar refractivity (Wildman–Crippen MR) is 82.3 cm³/mol. The molecule has 3 N–H and O–H groups in total. The van der Waals surface area contributed by atoms with E-state index in [1.807, 2.05) is 24.1 Å². The van der Waals surface area contributed by atoms with Gasteiger partial charge in [0.25, 0.3) is 0 Å². The van der Waals surface area contributed by atoms with Crippen molar-refractivity contribution in [1.29, 1.82) is 0 Å². The Bertz CT molecular complexity index is 753. The van der Waals surface area contributed by atoms with Crippen LogP contribution < -0.4 is 10.6 Å². The Balaban J connectivity index is 1.96. The number of nitrogens with zero attached hydrogens (tertiary/aromatic N) is 4. The molecule has 3 aromatic rings. The molecule has 102 valence electrons. The number of anilines is 2. The van der Waals surface area contributed by atoms with E-state index in [0.717, 1.165) is 15.8 Å². The summed E-state index contributed by atoms with van der Waals surface area (Å²) in [6, 6.07) is 8.15. The zero-order valence-electron chi connectivity index (χ0n) is 10.8. The molecule has 2 aromatic heterocycles. The zero-order chi connectivity index (χ0) is 14.1. The quantitative estimate of drug-likeness (QED) is 0.769. The topological polar surface area (TPSA) is 83.7 Å². The molecule has 7 heteroatoms. The molecule has 20 heavy (non-hydrogen) atoms. The fraction of sp³-hybridized carbons (Fsp3) is 0.154. The van der Waals surface area contributed by atoms with Crippen LogP contribution >= 0.6 is 15.9 Å². The molecule has 0 aliphatic carbocycles. The van der Waals surface area contributed by atoms with Gasteiger partial charge in [0.15, 0.2) is 11.5 Å². The normalized spacial score (nSPS) is 10.9. The van der Waals surface area contributed by atoms with Crippen LogP contribution in [0.3, 0.4) is 0 Å². The summed E-state index contributed by atoms with van der Waals surface area (Å²) in [7, 11) is 1.96. The van der Waals surface area contributed by atoms with Gasteiger partial charge in [0.1, 0.15) is 5.52 Å². The minimum atomic E-state index is 0.223. The van der Waals surface area contributed by atoms with E-state index in [0.29, 0.717) is 12.2 Å². The van der Waals surface area contributed by atoms with Crippen LogP contribution in [0, 0.1) is 0 Å². The number of aromatic amines is 1. The molecule has 0 amide bonds. The first-order valence-corrected chi connectivity index (χ1v) is 6.85. The van der Waals surface area contributed by atoms with Crippen molar-refractivity contribution in [2.75, 3.05) is 17.7 Å². The molecule has 2 heterocycles. The summed E-state index contributed by atoms with van der Waals surface area (Å²) < 4.78 is 1.05. The maximum Gasteiger partial charge on any atom is 0.224 e. The molecule has 0 aliphatic rings. The molecule has 1 aromatic carbocycles. The molecule has 0 aliphatic heterocycles. The lowest BCUT2D eigenvalue weighted by molar-refractivity contribution is 0.900. The standard InChI is InChI=1S/C13H13BrN6/c1-20(6-8-3-2-4-9(14)5-8)12-10-11(17-7-16-10)18-13(15)19-12/h2-5,7H,6H2,1H3,(H3,15,16,17,18,19). The number of aromatic nitrogens is 4. The third kappa shape index (κ3) is 2.44. The Kier molecular flexibility index (Phi) is 3.27. The molecular formula is C13H13BrN6. The highest BCUT2D eigenvalue weighted by Crippen LogP contribution is 2.22. The molecule has 0 unspecified atom stereocenters. The van der Waals surface area contributed by atoms with Gasteiger partial charge in [-0.2, -0.15) is 9.97 Å². The van der Waals surface area contributed by atoms with Crippen molar-refractivity contribution in [3.63, 3.8) is 0 Å². The molecule has 0 saturated heterocycles. The van der Waals surface area contributed by atoms with Gasteiger partial charge in [-0.05, 0) is 17.7 Å². The van der Waals surface area contributed by atoms with Crippen LogP contribution in [0.15, 0.2) is 35.1 Å². The molecular weight excluding hydrogens is 320 g/mol. The Hall–Kier alpha value is -2.15. The fourth-order valence-electron chi connectivity index (χ4n) is 2.09. The molecule has 0 atom stereocenters. The van der Waals surface area contributed by atoms with Crippen LogP contribution in [0.2, 0.25) is 0 Å². The second-order valence-electron chi connectivity index (χ2n) is 4.49. The lowest BCUT2D eigenvalue weighted by Crippen LogP contribution is -2.19. The first-order chi connectivity index (χ1) is 9.63. The van der Waals surface area contributed by atoms with E-state index >= 15 is 0 Å². The number of halogens is 1. The molecule has 0 bridgehead atoms. The summed E-state index contributed by atoms with van der Waals surface area (Å²) in [6.07, 6.45) is 1.59. The number of H-pyrrole nitrogens is 1. The van der Waals surface area contributed by atoms with Crippen molar-refractivity contribution in [2.45, 2.75) is 6.54 Å². The molecule has 3 rings (SSSR count). The monoisotopic (exact) mass is 332 g/mol. The Morgan fingerprint density at radius 3 is 3.00 bits per heavy atom. The van der Waals surface area contributed by atoms with Crippen molar-refractivity contribution >= 4 is 38.9 Å². The van der Waals surface area contributed by atoms with E-state index in [9.17, 15) is 0 Å². The fourth-order valence-corrected chi connectivity index (χ4v) is 2.54. The van der Waals surface area contributed by atoms with Gasteiger partial charge in [0.2, 0.25) is 5.95 Å². The third-order valence-electron chi connectivity index (χ3n) is 2.95. The second kappa shape index (κ2) is 5.09. The molecule has 0 radical (unpaired) electrons. The highest BCUT2D eigenvalue weighted by atomic mass is 79.9. The highest BCUT2D eigenvalue weighted by molar-refractivity contribution is 9.10. The zero-order valence-corrected chi connectivity index (χ0v) is 12.4. The highest BCUT2D eigenvalue weighted by Gasteiger charge is 2.12. The molecule has 0 fully saturated rings. The Morgan fingerprint density at radius 2 is 2.20 bits per heavy atom. The minimum Gasteiger partial charge on any atom is -0.368 e. The number of imidazole rings is 1. The van der Waals surface area contributed by atoms with Crippen molar-refractivity contribution < 1.29 is 0 Å². The van der Waals surface area contributed by atoms with Gasteiger partial charge >= 0.3 is 0 Å². The minimum absolute atomic E-state index is 0.223. The number of nitrogen functional groups attached to an aromatic ring is 1. The Labute approximate surface area is 124 Å². The van der Waals surface area contributed by atoms with Crippen LogP contribution in [-0.4, -0.2) is 27.0 Å². The lowest BCUT2D eigenvalue weighted by Gasteiger charge is -2.19. The summed E-state index contributed by atoms with van der Waals surface area (Å²) in [5.74, 6) is 0.964. The van der Waals surface area contributed by atoms with Gasteiger partial charge < -0.3 is 15.6 Å². The average Bonchev–Trinajstić information content (AvgIpc) is 2.85. The summed E-state index contributed by atoms with van der Waals surface area (Å²) in [6.45, 7) is 0.712. The van der Waals surface area contributed by atoms with Crippen LogP contribution in [0.25, 0.3) is 11.2 Å². The summed E-state index contributed by atoms with van der Waals surface area (Å²) in [4.78, 5) is 17.6.